The molecule has 2 amide bonds. The molecular weight excluding hydrogens is 308 g/mol. The summed E-state index contributed by atoms with van der Waals surface area (Å²) in [5.74, 6) is -0.828. The lowest BCUT2D eigenvalue weighted by molar-refractivity contribution is -0.137. The molecule has 0 saturated carbocycles. The van der Waals surface area contributed by atoms with Gasteiger partial charge in [-0.1, -0.05) is 12.1 Å². The molecule has 2 N–H and O–H groups in total. The molecule has 1 heterocycles. The summed E-state index contributed by atoms with van der Waals surface area (Å²) in [6, 6.07) is 7.43. The van der Waals surface area contributed by atoms with Gasteiger partial charge in [0.05, 0.1) is 6.42 Å². The number of anilines is 1. The Morgan fingerprint density at radius 2 is 1.96 bits per heavy atom. The fraction of sp³-hybridized carbons (Fsp3) is 0.500. The highest BCUT2D eigenvalue weighted by molar-refractivity contribution is 5.88. The number of amides is 2. The molecule has 6 heteroatoms. The number of rotatable bonds is 7. The molecule has 0 aromatic heterocycles. The van der Waals surface area contributed by atoms with E-state index in [2.05, 4.69) is 5.32 Å². The molecule has 24 heavy (non-hydrogen) atoms. The summed E-state index contributed by atoms with van der Waals surface area (Å²) >= 11 is 0. The molecule has 1 aliphatic heterocycles. The molecule has 6 nitrogen and oxygen atoms in total. The third-order valence-electron chi connectivity index (χ3n) is 4.26. The SMILES string of the molecule is CC(=O)Nc1ccc(CC(=O)N2CCC[C@H]2CCCC(=O)O)cc1. The van der Waals surface area contributed by atoms with E-state index < -0.39 is 5.97 Å². The maximum atomic E-state index is 12.5. The Balaban J connectivity index is 1.88. The van der Waals surface area contributed by atoms with Crippen LogP contribution in [0.2, 0.25) is 0 Å². The normalized spacial score (nSPS) is 16.9. The van der Waals surface area contributed by atoms with Gasteiger partial charge in [-0.3, -0.25) is 14.4 Å². The zero-order valence-corrected chi connectivity index (χ0v) is 14.0. The van der Waals surface area contributed by atoms with Crippen molar-refractivity contribution in [3.63, 3.8) is 0 Å². The van der Waals surface area contributed by atoms with E-state index in [1.54, 1.807) is 12.1 Å². The first kappa shape index (κ1) is 18.0. The molecule has 1 fully saturated rings. The lowest BCUT2D eigenvalue weighted by Gasteiger charge is -2.24. The van der Waals surface area contributed by atoms with Crippen LogP contribution in [0.4, 0.5) is 5.69 Å². The van der Waals surface area contributed by atoms with Gasteiger partial charge >= 0.3 is 5.97 Å². The summed E-state index contributed by atoms with van der Waals surface area (Å²) < 4.78 is 0. The largest absolute Gasteiger partial charge is 0.481 e. The van der Waals surface area contributed by atoms with Crippen LogP contribution in [-0.4, -0.2) is 40.4 Å². The molecule has 130 valence electrons. The van der Waals surface area contributed by atoms with Gasteiger partial charge in [-0.2, -0.15) is 0 Å². The average Bonchev–Trinajstić information content (AvgIpc) is 2.97. The Hall–Kier alpha value is -2.37. The van der Waals surface area contributed by atoms with Crippen LogP contribution in [0.3, 0.4) is 0 Å². The van der Waals surface area contributed by atoms with Gasteiger partial charge in [-0.25, -0.2) is 0 Å². The number of carbonyl (C=O) groups is 3. The van der Waals surface area contributed by atoms with Crippen LogP contribution in [0.1, 0.15) is 44.6 Å². The number of carbonyl (C=O) groups excluding carboxylic acids is 2. The molecule has 1 atom stereocenters. The molecule has 0 radical (unpaired) electrons. The number of hydrogen-bond acceptors (Lipinski definition) is 3. The highest BCUT2D eigenvalue weighted by atomic mass is 16.4. The standard InChI is InChI=1S/C18H24N2O4/c1-13(21)19-15-9-7-14(8-10-15)12-17(22)20-11-3-5-16(20)4-2-6-18(23)24/h7-10,16H,2-6,11-12H2,1H3,(H,19,21)(H,23,24)/t16-/m1/s1. The summed E-state index contributed by atoms with van der Waals surface area (Å²) in [6.07, 6.45) is 3.77. The van der Waals surface area contributed by atoms with Gasteiger partial charge in [0.1, 0.15) is 0 Å². The lowest BCUT2D eigenvalue weighted by atomic mass is 10.1. The minimum absolute atomic E-state index is 0.0834. The second-order valence-electron chi connectivity index (χ2n) is 6.22. The van der Waals surface area contributed by atoms with Crippen LogP contribution in [-0.2, 0) is 20.8 Å². The fourth-order valence-electron chi connectivity index (χ4n) is 3.14. The Morgan fingerprint density at radius 3 is 2.58 bits per heavy atom. The maximum Gasteiger partial charge on any atom is 0.303 e. The molecule has 1 saturated heterocycles. The number of nitrogens with one attached hydrogen (secondary N) is 1. The van der Waals surface area contributed by atoms with Crippen molar-refractivity contribution in [2.75, 3.05) is 11.9 Å². The summed E-state index contributed by atoms with van der Waals surface area (Å²) in [6.45, 7) is 2.20. The van der Waals surface area contributed by atoms with E-state index >= 15 is 0 Å². The molecule has 0 unspecified atom stereocenters. The number of nitrogens with zero attached hydrogens (tertiary/aromatic N) is 1. The van der Waals surface area contributed by atoms with E-state index in [0.717, 1.165) is 31.4 Å². The van der Waals surface area contributed by atoms with Gasteiger partial charge in [-0.15, -0.1) is 0 Å². The van der Waals surface area contributed by atoms with Crippen molar-refractivity contribution in [1.82, 2.24) is 4.90 Å². The van der Waals surface area contributed by atoms with Crippen LogP contribution in [0.15, 0.2) is 24.3 Å². The van der Waals surface area contributed by atoms with E-state index in [0.29, 0.717) is 18.5 Å². The maximum absolute atomic E-state index is 12.5. The third-order valence-corrected chi connectivity index (χ3v) is 4.26. The second kappa shape index (κ2) is 8.47. The molecule has 0 bridgehead atoms. The van der Waals surface area contributed by atoms with Crippen molar-refractivity contribution in [2.24, 2.45) is 0 Å². The third kappa shape index (κ3) is 5.37. The van der Waals surface area contributed by atoms with Crippen LogP contribution >= 0.6 is 0 Å². The zero-order chi connectivity index (χ0) is 17.5. The minimum atomic E-state index is -0.787. The first-order valence-electron chi connectivity index (χ1n) is 8.33. The molecule has 1 aliphatic rings. The fourth-order valence-corrected chi connectivity index (χ4v) is 3.14. The van der Waals surface area contributed by atoms with Gasteiger partial charge in [0.25, 0.3) is 0 Å². The van der Waals surface area contributed by atoms with Crippen LogP contribution in [0.25, 0.3) is 0 Å². The molecular formula is C18H24N2O4. The number of likely N-dealkylation sites (tertiary alicyclic amines) is 1. The van der Waals surface area contributed by atoms with Crippen molar-refractivity contribution in [1.29, 1.82) is 0 Å². The van der Waals surface area contributed by atoms with Crippen molar-refractivity contribution >= 4 is 23.5 Å². The predicted octanol–water partition coefficient (Wildman–Crippen LogP) is 2.43. The number of benzene rings is 1. The quantitative estimate of drug-likeness (QED) is 0.803. The summed E-state index contributed by atoms with van der Waals surface area (Å²) in [4.78, 5) is 36.0. The second-order valence-corrected chi connectivity index (χ2v) is 6.22. The van der Waals surface area contributed by atoms with Crippen LogP contribution in [0.5, 0.6) is 0 Å². The average molecular weight is 332 g/mol. The molecule has 0 spiro atoms. The van der Waals surface area contributed by atoms with Gasteiger partial charge in [0, 0.05) is 31.6 Å². The van der Waals surface area contributed by atoms with E-state index in [9.17, 15) is 14.4 Å². The van der Waals surface area contributed by atoms with Gasteiger partial charge < -0.3 is 15.3 Å². The number of carboxylic acids is 1. The smallest absolute Gasteiger partial charge is 0.303 e. The van der Waals surface area contributed by atoms with E-state index in [-0.39, 0.29) is 24.3 Å². The molecule has 2 rings (SSSR count). The monoisotopic (exact) mass is 332 g/mol. The van der Waals surface area contributed by atoms with Gasteiger partial charge in [0.2, 0.25) is 11.8 Å². The van der Waals surface area contributed by atoms with E-state index in [4.69, 9.17) is 5.11 Å². The number of hydrogen-bond donors (Lipinski definition) is 2. The highest BCUT2D eigenvalue weighted by Gasteiger charge is 2.28. The van der Waals surface area contributed by atoms with Crippen molar-refractivity contribution < 1.29 is 19.5 Å². The first-order valence-corrected chi connectivity index (χ1v) is 8.33. The van der Waals surface area contributed by atoms with E-state index in [1.807, 2.05) is 17.0 Å². The zero-order valence-electron chi connectivity index (χ0n) is 14.0. The number of aliphatic carboxylic acids is 1. The summed E-state index contributed by atoms with van der Waals surface area (Å²) in [5.41, 5.74) is 1.62. The van der Waals surface area contributed by atoms with Gasteiger partial charge in [-0.05, 0) is 43.4 Å². The topological polar surface area (TPSA) is 86.7 Å². The molecule has 1 aromatic carbocycles. The van der Waals surface area contributed by atoms with Crippen LogP contribution in [0, 0.1) is 0 Å². The Labute approximate surface area is 141 Å². The Morgan fingerprint density at radius 1 is 1.25 bits per heavy atom. The van der Waals surface area contributed by atoms with Crippen molar-refractivity contribution in [3.05, 3.63) is 29.8 Å². The number of carboxylic acid groups (broad SMARTS) is 1. The lowest BCUT2D eigenvalue weighted by Crippen LogP contribution is -2.36. The minimum Gasteiger partial charge on any atom is -0.481 e. The summed E-state index contributed by atoms with van der Waals surface area (Å²) in [7, 11) is 0. The predicted molar refractivity (Wildman–Crippen MR) is 90.7 cm³/mol. The molecule has 0 aliphatic carbocycles. The van der Waals surface area contributed by atoms with Crippen LogP contribution < -0.4 is 5.32 Å². The van der Waals surface area contributed by atoms with E-state index in [1.165, 1.54) is 6.92 Å². The Bertz CT molecular complexity index is 598. The highest BCUT2D eigenvalue weighted by Crippen LogP contribution is 2.23. The first-order chi connectivity index (χ1) is 11.5. The molecule has 1 aromatic rings. The van der Waals surface area contributed by atoms with Gasteiger partial charge in [0.15, 0.2) is 0 Å². The summed E-state index contributed by atoms with van der Waals surface area (Å²) in [5, 5.41) is 11.4. The van der Waals surface area contributed by atoms with Crippen molar-refractivity contribution in [2.45, 2.75) is 51.5 Å². The Kier molecular flexibility index (Phi) is 6.35. The van der Waals surface area contributed by atoms with Crippen molar-refractivity contribution in [3.8, 4) is 0 Å².